The molecule has 0 saturated heterocycles. The van der Waals surface area contributed by atoms with Crippen LogP contribution in [0.5, 0.6) is 0 Å². The van der Waals surface area contributed by atoms with E-state index < -0.39 is 0 Å². The van der Waals surface area contributed by atoms with Crippen LogP contribution in [0.25, 0.3) is 0 Å². The molecule has 1 atom stereocenters. The molecular formula is C11H25P. The molecule has 0 radical (unpaired) electrons. The first-order valence-corrected chi connectivity index (χ1v) is 6.79. The van der Waals surface area contributed by atoms with Crippen LogP contribution in [-0.2, 0) is 0 Å². The summed E-state index contributed by atoms with van der Waals surface area (Å²) in [7, 11) is 1.20. The predicted molar refractivity (Wildman–Crippen MR) is 61.7 cm³/mol. The van der Waals surface area contributed by atoms with E-state index in [0.717, 1.165) is 5.66 Å². The van der Waals surface area contributed by atoms with Gasteiger partial charge in [0.05, 0.1) is 0 Å². The normalized spacial score (nSPS) is 12.0. The summed E-state index contributed by atoms with van der Waals surface area (Å²) in [5.41, 5.74) is 0.931. The molecule has 0 fully saturated rings. The summed E-state index contributed by atoms with van der Waals surface area (Å²) in [6, 6.07) is 0. The van der Waals surface area contributed by atoms with E-state index in [9.17, 15) is 0 Å². The maximum absolute atomic E-state index is 2.33. The van der Waals surface area contributed by atoms with Crippen molar-refractivity contribution in [1.82, 2.24) is 0 Å². The van der Waals surface area contributed by atoms with Gasteiger partial charge < -0.3 is 0 Å². The van der Waals surface area contributed by atoms with Crippen molar-refractivity contribution in [2.24, 2.45) is 0 Å². The molecule has 0 heterocycles. The van der Waals surface area contributed by atoms with Crippen molar-refractivity contribution in [2.75, 3.05) is 6.16 Å². The van der Waals surface area contributed by atoms with E-state index >= 15 is 0 Å². The van der Waals surface area contributed by atoms with Crippen molar-refractivity contribution in [3.05, 3.63) is 0 Å². The second kappa shape index (κ2) is 9.52. The zero-order chi connectivity index (χ0) is 9.23. The lowest BCUT2D eigenvalue weighted by Gasteiger charge is -2.04. The smallest absolute Gasteiger partial charge is 0.0294 e. The molecule has 0 amide bonds. The van der Waals surface area contributed by atoms with Crippen LogP contribution in [0.3, 0.4) is 0 Å². The van der Waals surface area contributed by atoms with Gasteiger partial charge in [-0.1, -0.05) is 52.9 Å². The minimum absolute atomic E-state index is 0.931. The molecule has 0 spiro atoms. The molecule has 0 aromatic rings. The summed E-state index contributed by atoms with van der Waals surface area (Å²) < 4.78 is 0. The van der Waals surface area contributed by atoms with Gasteiger partial charge in [0, 0.05) is 0 Å². The van der Waals surface area contributed by atoms with E-state index in [-0.39, 0.29) is 0 Å². The molecule has 0 aliphatic rings. The van der Waals surface area contributed by atoms with Gasteiger partial charge in [0.2, 0.25) is 0 Å². The van der Waals surface area contributed by atoms with Crippen LogP contribution in [0.15, 0.2) is 0 Å². The number of unbranched alkanes of at least 4 members (excludes halogenated alkanes) is 5. The average molecular weight is 188 g/mol. The lowest BCUT2D eigenvalue weighted by molar-refractivity contribution is 0.626. The molecule has 0 aliphatic carbocycles. The summed E-state index contributed by atoms with van der Waals surface area (Å²) in [6.45, 7) is 6.94. The van der Waals surface area contributed by atoms with E-state index in [1.54, 1.807) is 0 Å². The van der Waals surface area contributed by atoms with Crippen LogP contribution in [-0.4, -0.2) is 11.8 Å². The van der Waals surface area contributed by atoms with Crippen LogP contribution in [0.2, 0.25) is 0 Å². The summed E-state index contributed by atoms with van der Waals surface area (Å²) >= 11 is 0. The standard InChI is InChI=1S/C11H25P/c1-4-5-6-7-8-9-10-12-11(2)3/h11-12H,4-10H2,1-3H3. The third-order valence-electron chi connectivity index (χ3n) is 2.08. The summed E-state index contributed by atoms with van der Waals surface area (Å²) in [6.07, 6.45) is 10.2. The van der Waals surface area contributed by atoms with Crippen LogP contribution in [0.4, 0.5) is 0 Å². The minimum atomic E-state index is 0.931. The second-order valence-electron chi connectivity index (χ2n) is 3.88. The van der Waals surface area contributed by atoms with E-state index in [1.807, 2.05) is 0 Å². The molecule has 0 aliphatic heterocycles. The number of hydrogen-bond acceptors (Lipinski definition) is 0. The Morgan fingerprint density at radius 1 is 0.917 bits per heavy atom. The highest BCUT2D eigenvalue weighted by molar-refractivity contribution is 7.38. The summed E-state index contributed by atoms with van der Waals surface area (Å²) in [4.78, 5) is 0. The fraction of sp³-hybridized carbons (Fsp3) is 1.00. The Morgan fingerprint density at radius 3 is 2.08 bits per heavy atom. The van der Waals surface area contributed by atoms with Gasteiger partial charge in [-0.2, -0.15) is 0 Å². The van der Waals surface area contributed by atoms with Crippen molar-refractivity contribution in [3.63, 3.8) is 0 Å². The quantitative estimate of drug-likeness (QED) is 0.390. The first-order chi connectivity index (χ1) is 5.77. The highest BCUT2D eigenvalue weighted by atomic mass is 31.1. The fourth-order valence-electron chi connectivity index (χ4n) is 1.30. The molecule has 0 N–H and O–H groups in total. The zero-order valence-electron chi connectivity index (χ0n) is 9.03. The number of rotatable bonds is 8. The van der Waals surface area contributed by atoms with Gasteiger partial charge in [0.15, 0.2) is 0 Å². The Labute approximate surface area is 80.3 Å². The maximum Gasteiger partial charge on any atom is -0.0294 e. The molecule has 0 nitrogen and oxygen atoms in total. The van der Waals surface area contributed by atoms with Gasteiger partial charge >= 0.3 is 0 Å². The van der Waals surface area contributed by atoms with Gasteiger partial charge in [0.1, 0.15) is 0 Å². The third kappa shape index (κ3) is 10.4. The average Bonchev–Trinajstić information content (AvgIpc) is 2.02. The maximum atomic E-state index is 2.33. The van der Waals surface area contributed by atoms with Crippen LogP contribution < -0.4 is 0 Å². The topological polar surface area (TPSA) is 0 Å². The molecule has 0 rings (SSSR count). The summed E-state index contributed by atoms with van der Waals surface area (Å²) in [5, 5.41) is 0. The lowest BCUT2D eigenvalue weighted by atomic mass is 10.1. The first kappa shape index (κ1) is 12.4. The van der Waals surface area contributed by atoms with Crippen LogP contribution >= 0.6 is 8.58 Å². The van der Waals surface area contributed by atoms with Gasteiger partial charge in [-0.15, -0.1) is 8.58 Å². The van der Waals surface area contributed by atoms with Gasteiger partial charge in [-0.05, 0) is 18.2 Å². The monoisotopic (exact) mass is 188 g/mol. The Kier molecular flexibility index (Phi) is 9.86. The second-order valence-corrected chi connectivity index (χ2v) is 5.94. The van der Waals surface area contributed by atoms with Gasteiger partial charge in [0.25, 0.3) is 0 Å². The van der Waals surface area contributed by atoms with Crippen molar-refractivity contribution in [3.8, 4) is 0 Å². The molecule has 74 valence electrons. The molecule has 1 heteroatoms. The summed E-state index contributed by atoms with van der Waals surface area (Å²) in [5.74, 6) is 0. The van der Waals surface area contributed by atoms with Crippen molar-refractivity contribution in [2.45, 2.75) is 65.0 Å². The Morgan fingerprint density at radius 2 is 1.50 bits per heavy atom. The van der Waals surface area contributed by atoms with Crippen molar-refractivity contribution < 1.29 is 0 Å². The fourth-order valence-corrected chi connectivity index (χ4v) is 2.33. The molecule has 0 aromatic heterocycles. The van der Waals surface area contributed by atoms with Crippen LogP contribution in [0.1, 0.15) is 59.3 Å². The first-order valence-electron chi connectivity index (χ1n) is 5.50. The highest BCUT2D eigenvalue weighted by Gasteiger charge is 1.93. The Hall–Kier alpha value is 0.430. The largest absolute Gasteiger partial charge is 0.119 e. The van der Waals surface area contributed by atoms with Gasteiger partial charge in [-0.3, -0.25) is 0 Å². The Balaban J connectivity index is 2.82. The Bertz CT molecular complexity index is 79.1. The van der Waals surface area contributed by atoms with Crippen molar-refractivity contribution >= 4 is 8.58 Å². The third-order valence-corrected chi connectivity index (χ3v) is 3.54. The molecule has 12 heavy (non-hydrogen) atoms. The molecular weight excluding hydrogens is 163 g/mol. The zero-order valence-corrected chi connectivity index (χ0v) is 10.0. The van der Waals surface area contributed by atoms with Gasteiger partial charge in [-0.25, -0.2) is 0 Å². The molecule has 0 bridgehead atoms. The minimum Gasteiger partial charge on any atom is -0.119 e. The highest BCUT2D eigenvalue weighted by Crippen LogP contribution is 2.20. The van der Waals surface area contributed by atoms with Crippen molar-refractivity contribution in [1.29, 1.82) is 0 Å². The van der Waals surface area contributed by atoms with E-state index in [2.05, 4.69) is 20.8 Å². The molecule has 1 unspecified atom stereocenters. The lowest BCUT2D eigenvalue weighted by Crippen LogP contribution is -1.87. The number of hydrogen-bond donors (Lipinski definition) is 0. The van der Waals surface area contributed by atoms with Crippen LogP contribution in [0, 0.1) is 0 Å². The predicted octanol–water partition coefficient (Wildman–Crippen LogP) is 4.43. The molecule has 0 saturated carbocycles. The molecule has 0 aromatic carbocycles. The SMILES string of the molecule is CCCCCCCCPC(C)C. The van der Waals surface area contributed by atoms with E-state index in [0.29, 0.717) is 0 Å². The van der Waals surface area contributed by atoms with E-state index in [4.69, 9.17) is 0 Å². The van der Waals surface area contributed by atoms with E-state index in [1.165, 1.54) is 53.3 Å².